The van der Waals surface area contributed by atoms with Crippen LogP contribution < -0.4 is 0 Å². The molecule has 0 bridgehead atoms. The van der Waals surface area contributed by atoms with Gasteiger partial charge in [-0.3, -0.25) is 0 Å². The minimum absolute atomic E-state index is 0.274. The van der Waals surface area contributed by atoms with Crippen LogP contribution in [-0.4, -0.2) is 30.1 Å². The van der Waals surface area contributed by atoms with E-state index in [1.807, 2.05) is 54.6 Å². The Kier molecular flexibility index (Phi) is 7.20. The zero-order valence-corrected chi connectivity index (χ0v) is 17.3. The Labute approximate surface area is 174 Å². The van der Waals surface area contributed by atoms with E-state index in [0.717, 1.165) is 36.2 Å². The molecule has 0 fully saturated rings. The summed E-state index contributed by atoms with van der Waals surface area (Å²) in [7, 11) is 0. The number of ether oxygens (including phenoxy) is 1. The summed E-state index contributed by atoms with van der Waals surface area (Å²) in [5.41, 5.74) is 2.93. The topological polar surface area (TPSA) is 26.3 Å². The van der Waals surface area contributed by atoms with E-state index >= 15 is 0 Å². The molecule has 0 amide bonds. The number of benzene rings is 3. The first-order valence-electron chi connectivity index (χ1n) is 10.4. The number of carbonyl (C=O) groups excluding carboxylic acids is 1. The maximum atomic E-state index is 12.8. The number of hydrogen-bond acceptors (Lipinski definition) is 2. The second-order valence-electron chi connectivity index (χ2n) is 7.47. The fourth-order valence-electron chi connectivity index (χ4n) is 3.74. The molecule has 3 nitrogen and oxygen atoms in total. The highest BCUT2D eigenvalue weighted by Gasteiger charge is 2.31. The summed E-state index contributed by atoms with van der Waals surface area (Å²) in [6, 6.07) is 29.9. The van der Waals surface area contributed by atoms with Crippen molar-refractivity contribution in [1.29, 1.82) is 0 Å². The molecule has 0 aliphatic carbocycles. The van der Waals surface area contributed by atoms with Crippen LogP contribution in [0.4, 0.5) is 0 Å². The average Bonchev–Trinajstić information content (AvgIpc) is 2.80. The molecule has 0 aliphatic heterocycles. The Morgan fingerprint density at radius 3 is 1.86 bits per heavy atom. The first-order chi connectivity index (χ1) is 14.2. The van der Waals surface area contributed by atoms with E-state index in [1.165, 1.54) is 5.56 Å². The lowest BCUT2D eigenvalue weighted by atomic mass is 10.1. The van der Waals surface area contributed by atoms with Crippen molar-refractivity contribution in [3.05, 3.63) is 108 Å². The van der Waals surface area contributed by atoms with Crippen molar-refractivity contribution < 1.29 is 14.0 Å². The minimum atomic E-state index is -0.299. The summed E-state index contributed by atoms with van der Waals surface area (Å²) in [5, 5.41) is 0. The standard InChI is InChI=1S/C26H30NO2/c1-3-27(4-2,20-22-14-8-5-9-15-22)21-25(23-16-10-6-11-17-23)29-26(28)24-18-12-7-13-19-24/h5-19,25H,3-4,20-21H2,1-2H3/q+1. The Morgan fingerprint density at radius 1 is 0.793 bits per heavy atom. The Balaban J connectivity index is 1.87. The number of quaternary nitrogens is 1. The highest BCUT2D eigenvalue weighted by molar-refractivity contribution is 5.89. The summed E-state index contributed by atoms with van der Waals surface area (Å²) in [6.07, 6.45) is -0.299. The lowest BCUT2D eigenvalue weighted by Crippen LogP contribution is -2.50. The zero-order valence-electron chi connectivity index (χ0n) is 17.3. The van der Waals surface area contributed by atoms with Crippen LogP contribution in [0.3, 0.4) is 0 Å². The first-order valence-corrected chi connectivity index (χ1v) is 10.4. The minimum Gasteiger partial charge on any atom is -0.448 e. The molecular weight excluding hydrogens is 358 g/mol. The van der Waals surface area contributed by atoms with Crippen molar-refractivity contribution in [1.82, 2.24) is 0 Å². The van der Waals surface area contributed by atoms with Crippen LogP contribution in [0.5, 0.6) is 0 Å². The fourth-order valence-corrected chi connectivity index (χ4v) is 3.74. The molecule has 0 spiro atoms. The van der Waals surface area contributed by atoms with E-state index < -0.39 is 0 Å². The van der Waals surface area contributed by atoms with Gasteiger partial charge >= 0.3 is 5.97 Å². The average molecular weight is 389 g/mol. The summed E-state index contributed by atoms with van der Waals surface area (Å²) >= 11 is 0. The van der Waals surface area contributed by atoms with Crippen LogP contribution in [0.25, 0.3) is 0 Å². The van der Waals surface area contributed by atoms with Gasteiger partial charge in [0.15, 0.2) is 6.10 Å². The molecule has 3 aromatic carbocycles. The third-order valence-electron chi connectivity index (χ3n) is 5.69. The summed E-state index contributed by atoms with van der Waals surface area (Å²) < 4.78 is 6.92. The zero-order chi connectivity index (χ0) is 20.5. The Bertz CT molecular complexity index is 874. The van der Waals surface area contributed by atoms with Gasteiger partial charge in [-0.05, 0) is 31.5 Å². The maximum Gasteiger partial charge on any atom is 0.338 e. The molecule has 0 saturated heterocycles. The molecule has 0 aromatic heterocycles. The van der Waals surface area contributed by atoms with E-state index in [9.17, 15) is 4.79 Å². The Morgan fingerprint density at radius 2 is 1.31 bits per heavy atom. The van der Waals surface area contributed by atoms with Crippen molar-refractivity contribution in [3.63, 3.8) is 0 Å². The largest absolute Gasteiger partial charge is 0.448 e. The first kappa shape index (κ1) is 20.8. The van der Waals surface area contributed by atoms with E-state index in [-0.39, 0.29) is 12.1 Å². The van der Waals surface area contributed by atoms with Gasteiger partial charge in [-0.1, -0.05) is 78.9 Å². The summed E-state index contributed by atoms with van der Waals surface area (Å²) in [6.45, 7) is 8.03. The molecule has 0 radical (unpaired) electrons. The molecule has 3 rings (SSSR count). The number of esters is 1. The van der Waals surface area contributed by atoms with Crippen LogP contribution >= 0.6 is 0 Å². The number of rotatable bonds is 9. The number of hydrogen-bond donors (Lipinski definition) is 0. The Hall–Kier alpha value is -2.91. The van der Waals surface area contributed by atoms with E-state index in [1.54, 1.807) is 12.1 Å². The quantitative estimate of drug-likeness (QED) is 0.350. The molecule has 0 N–H and O–H groups in total. The van der Waals surface area contributed by atoms with Gasteiger partial charge in [-0.2, -0.15) is 0 Å². The van der Waals surface area contributed by atoms with E-state index in [4.69, 9.17) is 4.74 Å². The summed E-state index contributed by atoms with van der Waals surface area (Å²) in [5.74, 6) is -0.274. The second kappa shape index (κ2) is 10.0. The van der Waals surface area contributed by atoms with Gasteiger partial charge in [-0.15, -0.1) is 0 Å². The second-order valence-corrected chi connectivity index (χ2v) is 7.47. The van der Waals surface area contributed by atoms with Crippen LogP contribution in [0.15, 0.2) is 91.0 Å². The molecule has 1 unspecified atom stereocenters. The molecule has 0 aliphatic rings. The van der Waals surface area contributed by atoms with Gasteiger partial charge in [0.2, 0.25) is 0 Å². The molecule has 150 valence electrons. The van der Waals surface area contributed by atoms with E-state index in [0.29, 0.717) is 5.56 Å². The van der Waals surface area contributed by atoms with Crippen molar-refractivity contribution in [2.75, 3.05) is 19.6 Å². The lowest BCUT2D eigenvalue weighted by molar-refractivity contribution is -0.940. The highest BCUT2D eigenvalue weighted by atomic mass is 16.5. The van der Waals surface area contributed by atoms with Crippen LogP contribution in [0.2, 0.25) is 0 Å². The summed E-state index contributed by atoms with van der Waals surface area (Å²) in [4.78, 5) is 12.8. The van der Waals surface area contributed by atoms with Crippen molar-refractivity contribution in [3.8, 4) is 0 Å². The predicted molar refractivity (Wildman–Crippen MR) is 117 cm³/mol. The van der Waals surface area contributed by atoms with Gasteiger partial charge in [0.05, 0.1) is 18.7 Å². The molecule has 3 heteroatoms. The van der Waals surface area contributed by atoms with Crippen LogP contribution in [0.1, 0.15) is 41.4 Å². The van der Waals surface area contributed by atoms with Crippen molar-refractivity contribution in [2.24, 2.45) is 0 Å². The van der Waals surface area contributed by atoms with Crippen LogP contribution in [-0.2, 0) is 11.3 Å². The molecule has 1 atom stereocenters. The monoisotopic (exact) mass is 388 g/mol. The smallest absolute Gasteiger partial charge is 0.338 e. The molecule has 0 saturated carbocycles. The third-order valence-corrected chi connectivity index (χ3v) is 5.69. The number of carbonyl (C=O) groups is 1. The number of nitrogens with zero attached hydrogens (tertiary/aromatic N) is 1. The molecule has 29 heavy (non-hydrogen) atoms. The lowest BCUT2D eigenvalue weighted by Gasteiger charge is -2.39. The van der Waals surface area contributed by atoms with E-state index in [2.05, 4.69) is 38.1 Å². The van der Waals surface area contributed by atoms with Crippen LogP contribution in [0, 0.1) is 0 Å². The fraction of sp³-hybridized carbons (Fsp3) is 0.269. The van der Waals surface area contributed by atoms with Crippen molar-refractivity contribution in [2.45, 2.75) is 26.5 Å². The van der Waals surface area contributed by atoms with Gasteiger partial charge in [0, 0.05) is 5.56 Å². The van der Waals surface area contributed by atoms with Crippen molar-refractivity contribution >= 4 is 5.97 Å². The SMILES string of the molecule is CC[N+](CC)(Cc1ccccc1)CC(OC(=O)c1ccccc1)c1ccccc1. The molecule has 0 heterocycles. The third kappa shape index (κ3) is 5.55. The molecular formula is C26H30NO2+. The normalized spacial score (nSPS) is 12.3. The predicted octanol–water partition coefficient (Wildman–Crippen LogP) is 5.64. The molecule has 3 aromatic rings. The highest BCUT2D eigenvalue weighted by Crippen LogP contribution is 2.26. The van der Waals surface area contributed by atoms with Gasteiger partial charge < -0.3 is 9.22 Å². The van der Waals surface area contributed by atoms with Gasteiger partial charge in [-0.25, -0.2) is 4.79 Å². The van der Waals surface area contributed by atoms with Gasteiger partial charge in [0.25, 0.3) is 0 Å². The maximum absolute atomic E-state index is 12.8. The number of likely N-dealkylation sites (N-methyl/N-ethyl adjacent to an activating group) is 1. The van der Waals surface area contributed by atoms with Gasteiger partial charge in [0.1, 0.15) is 13.1 Å².